The number of carbonyl (C=O) groups excluding carboxylic acids is 1. The van der Waals surface area contributed by atoms with Gasteiger partial charge in [0, 0.05) is 19.2 Å². The molecule has 1 amide bonds. The molecule has 0 atom stereocenters. The van der Waals surface area contributed by atoms with Gasteiger partial charge < -0.3 is 29.0 Å². The number of nitrogens with one attached hydrogen (secondary N) is 1. The summed E-state index contributed by atoms with van der Waals surface area (Å²) in [7, 11) is 1.63. The van der Waals surface area contributed by atoms with E-state index in [0.717, 1.165) is 0 Å². The van der Waals surface area contributed by atoms with Crippen molar-refractivity contribution in [1.82, 2.24) is 5.32 Å². The highest BCUT2D eigenvalue weighted by Crippen LogP contribution is 2.11. The van der Waals surface area contributed by atoms with Gasteiger partial charge in [0.1, 0.15) is 12.4 Å². The van der Waals surface area contributed by atoms with Gasteiger partial charge in [0.05, 0.1) is 46.2 Å². The first-order valence-corrected chi connectivity index (χ1v) is 8.62. The number of ether oxygens (including phenoxy) is 5. The molecule has 1 aromatic rings. The molecular formula is C19H29NO6. The van der Waals surface area contributed by atoms with Crippen molar-refractivity contribution < 1.29 is 28.5 Å². The molecule has 0 unspecified atom stereocenters. The molecule has 1 N–H and O–H groups in total. The lowest BCUT2D eigenvalue weighted by molar-refractivity contribution is 0.00415. The Bertz CT molecular complexity index is 491. The van der Waals surface area contributed by atoms with Gasteiger partial charge in [-0.25, -0.2) is 0 Å². The van der Waals surface area contributed by atoms with Crippen molar-refractivity contribution in [3.63, 3.8) is 0 Å². The SMILES string of the molecule is C=CCOc1ccc(C(=O)NCCOCCOCCOCCOC)cc1. The maximum atomic E-state index is 12.0. The van der Waals surface area contributed by atoms with E-state index in [4.69, 9.17) is 23.7 Å². The smallest absolute Gasteiger partial charge is 0.251 e. The summed E-state index contributed by atoms with van der Waals surface area (Å²) >= 11 is 0. The molecule has 0 fully saturated rings. The van der Waals surface area contributed by atoms with E-state index >= 15 is 0 Å². The lowest BCUT2D eigenvalue weighted by Crippen LogP contribution is -2.27. The van der Waals surface area contributed by atoms with E-state index in [0.29, 0.717) is 70.7 Å². The van der Waals surface area contributed by atoms with Crippen molar-refractivity contribution >= 4 is 5.91 Å². The van der Waals surface area contributed by atoms with Gasteiger partial charge in [0.25, 0.3) is 5.91 Å². The quantitative estimate of drug-likeness (QED) is 0.354. The van der Waals surface area contributed by atoms with E-state index < -0.39 is 0 Å². The van der Waals surface area contributed by atoms with Gasteiger partial charge >= 0.3 is 0 Å². The summed E-state index contributed by atoms with van der Waals surface area (Å²) in [5, 5.41) is 2.80. The summed E-state index contributed by atoms with van der Waals surface area (Å²) in [5.74, 6) is 0.558. The third-order valence-corrected chi connectivity index (χ3v) is 3.19. The highest BCUT2D eigenvalue weighted by Gasteiger charge is 2.04. The van der Waals surface area contributed by atoms with Gasteiger partial charge in [0.2, 0.25) is 0 Å². The van der Waals surface area contributed by atoms with Crippen molar-refractivity contribution in [2.24, 2.45) is 0 Å². The minimum Gasteiger partial charge on any atom is -0.490 e. The second-order valence-corrected chi connectivity index (χ2v) is 5.21. The standard InChI is InChI=1S/C19H29NO6/c1-3-9-26-18-6-4-17(5-7-18)19(21)20-8-10-23-13-14-25-16-15-24-12-11-22-2/h3-7H,1,8-16H2,2H3,(H,20,21). The Morgan fingerprint density at radius 3 is 2.12 bits per heavy atom. The maximum Gasteiger partial charge on any atom is 0.251 e. The lowest BCUT2D eigenvalue weighted by Gasteiger charge is -2.08. The summed E-state index contributed by atoms with van der Waals surface area (Å²) in [6, 6.07) is 6.95. The maximum absolute atomic E-state index is 12.0. The third-order valence-electron chi connectivity index (χ3n) is 3.19. The Morgan fingerprint density at radius 1 is 0.962 bits per heavy atom. The van der Waals surface area contributed by atoms with Crippen molar-refractivity contribution in [1.29, 1.82) is 0 Å². The van der Waals surface area contributed by atoms with E-state index in [1.165, 1.54) is 0 Å². The second kappa shape index (κ2) is 15.3. The molecule has 0 aliphatic rings. The van der Waals surface area contributed by atoms with Gasteiger partial charge in [-0.05, 0) is 24.3 Å². The number of amides is 1. The van der Waals surface area contributed by atoms with Crippen LogP contribution in [-0.2, 0) is 18.9 Å². The van der Waals surface area contributed by atoms with Gasteiger partial charge in [-0.15, -0.1) is 0 Å². The van der Waals surface area contributed by atoms with Crippen LogP contribution < -0.4 is 10.1 Å². The zero-order chi connectivity index (χ0) is 18.9. The fourth-order valence-electron chi connectivity index (χ4n) is 1.88. The Balaban J connectivity index is 1.98. The Kier molecular flexibility index (Phi) is 13.0. The zero-order valence-electron chi connectivity index (χ0n) is 15.4. The van der Waals surface area contributed by atoms with E-state index in [1.807, 2.05) is 0 Å². The molecule has 7 heteroatoms. The average molecular weight is 367 g/mol. The Hall–Kier alpha value is -1.93. The van der Waals surface area contributed by atoms with Crippen LogP contribution >= 0.6 is 0 Å². The minimum atomic E-state index is -0.145. The molecule has 0 saturated carbocycles. The van der Waals surface area contributed by atoms with Crippen LogP contribution in [0.15, 0.2) is 36.9 Å². The predicted molar refractivity (Wildman–Crippen MR) is 98.8 cm³/mol. The van der Waals surface area contributed by atoms with E-state index in [-0.39, 0.29) is 5.91 Å². The fraction of sp³-hybridized carbons (Fsp3) is 0.526. The fourth-order valence-corrected chi connectivity index (χ4v) is 1.88. The second-order valence-electron chi connectivity index (χ2n) is 5.21. The number of hydrogen-bond acceptors (Lipinski definition) is 6. The van der Waals surface area contributed by atoms with Gasteiger partial charge in [-0.2, -0.15) is 0 Å². The van der Waals surface area contributed by atoms with Crippen LogP contribution in [0.5, 0.6) is 5.75 Å². The highest BCUT2D eigenvalue weighted by atomic mass is 16.6. The highest BCUT2D eigenvalue weighted by molar-refractivity contribution is 5.94. The monoisotopic (exact) mass is 367 g/mol. The van der Waals surface area contributed by atoms with Crippen molar-refractivity contribution in [2.45, 2.75) is 0 Å². The number of rotatable bonds is 16. The van der Waals surface area contributed by atoms with Gasteiger partial charge in [0.15, 0.2) is 0 Å². The first-order chi connectivity index (χ1) is 12.8. The minimum absolute atomic E-state index is 0.145. The number of methoxy groups -OCH3 is 1. The number of carbonyl (C=O) groups is 1. The van der Waals surface area contributed by atoms with Crippen LogP contribution in [0.4, 0.5) is 0 Å². The zero-order valence-corrected chi connectivity index (χ0v) is 15.4. The van der Waals surface area contributed by atoms with Crippen LogP contribution in [0.2, 0.25) is 0 Å². The van der Waals surface area contributed by atoms with Crippen LogP contribution in [0, 0.1) is 0 Å². The lowest BCUT2D eigenvalue weighted by atomic mass is 10.2. The molecule has 0 heterocycles. The molecule has 0 spiro atoms. The van der Waals surface area contributed by atoms with Crippen LogP contribution in [0.3, 0.4) is 0 Å². The molecule has 0 radical (unpaired) electrons. The molecule has 1 aromatic carbocycles. The predicted octanol–water partition coefficient (Wildman–Crippen LogP) is 1.68. The number of hydrogen-bond donors (Lipinski definition) is 1. The molecular weight excluding hydrogens is 338 g/mol. The molecule has 0 aliphatic heterocycles. The summed E-state index contributed by atoms with van der Waals surface area (Å²) in [4.78, 5) is 12.0. The van der Waals surface area contributed by atoms with Crippen LogP contribution in [0.1, 0.15) is 10.4 Å². The number of benzene rings is 1. The molecule has 0 aliphatic carbocycles. The van der Waals surface area contributed by atoms with Gasteiger partial charge in [-0.3, -0.25) is 4.79 Å². The van der Waals surface area contributed by atoms with Crippen molar-refractivity contribution in [2.75, 3.05) is 66.5 Å². The molecule has 26 heavy (non-hydrogen) atoms. The van der Waals surface area contributed by atoms with E-state index in [2.05, 4.69) is 11.9 Å². The average Bonchev–Trinajstić information content (AvgIpc) is 2.67. The Morgan fingerprint density at radius 2 is 1.54 bits per heavy atom. The summed E-state index contributed by atoms with van der Waals surface area (Å²) in [6.07, 6.45) is 1.67. The van der Waals surface area contributed by atoms with E-state index in [1.54, 1.807) is 37.5 Å². The van der Waals surface area contributed by atoms with Crippen LogP contribution in [-0.4, -0.2) is 72.4 Å². The summed E-state index contributed by atoms with van der Waals surface area (Å²) in [6.45, 7) is 8.08. The first kappa shape index (κ1) is 22.1. The Labute approximate surface area is 155 Å². The topological polar surface area (TPSA) is 75.3 Å². The molecule has 0 bridgehead atoms. The van der Waals surface area contributed by atoms with E-state index in [9.17, 15) is 4.79 Å². The molecule has 146 valence electrons. The molecule has 1 rings (SSSR count). The van der Waals surface area contributed by atoms with Gasteiger partial charge in [-0.1, -0.05) is 12.7 Å². The first-order valence-electron chi connectivity index (χ1n) is 8.62. The summed E-state index contributed by atoms with van der Waals surface area (Å²) < 4.78 is 26.3. The largest absolute Gasteiger partial charge is 0.490 e. The molecule has 7 nitrogen and oxygen atoms in total. The summed E-state index contributed by atoms with van der Waals surface area (Å²) in [5.41, 5.74) is 0.577. The van der Waals surface area contributed by atoms with Crippen molar-refractivity contribution in [3.05, 3.63) is 42.5 Å². The van der Waals surface area contributed by atoms with Crippen LogP contribution in [0.25, 0.3) is 0 Å². The normalized spacial score (nSPS) is 10.5. The third kappa shape index (κ3) is 10.8. The molecule has 0 saturated heterocycles. The molecule has 0 aromatic heterocycles. The van der Waals surface area contributed by atoms with Crippen molar-refractivity contribution in [3.8, 4) is 5.75 Å².